The van der Waals surface area contributed by atoms with Crippen molar-refractivity contribution in [1.29, 1.82) is 0 Å². The van der Waals surface area contributed by atoms with E-state index in [1.54, 1.807) is 18.4 Å². The van der Waals surface area contributed by atoms with Gasteiger partial charge in [0.2, 0.25) is 5.91 Å². The van der Waals surface area contributed by atoms with Crippen LogP contribution >= 0.6 is 11.3 Å². The predicted molar refractivity (Wildman–Crippen MR) is 87.4 cm³/mol. The van der Waals surface area contributed by atoms with Gasteiger partial charge in [0.1, 0.15) is 5.75 Å². The van der Waals surface area contributed by atoms with Crippen LogP contribution in [0.15, 0.2) is 47.4 Å². The summed E-state index contributed by atoms with van der Waals surface area (Å²) >= 11 is 1.64. The van der Waals surface area contributed by atoms with E-state index in [4.69, 9.17) is 4.74 Å². The average Bonchev–Trinajstić information content (AvgIpc) is 3.04. The highest BCUT2D eigenvalue weighted by molar-refractivity contribution is 7.09. The molecule has 0 saturated carbocycles. The van der Waals surface area contributed by atoms with Gasteiger partial charge in [-0.25, -0.2) is 0 Å². The first-order chi connectivity index (χ1) is 10.2. The van der Waals surface area contributed by atoms with Crippen LogP contribution in [0.5, 0.6) is 5.75 Å². The molecule has 1 aromatic heterocycles. The average molecular weight is 301 g/mol. The zero-order valence-electron chi connectivity index (χ0n) is 12.3. The van der Waals surface area contributed by atoms with Crippen LogP contribution in [0, 0.1) is 0 Å². The molecule has 21 heavy (non-hydrogen) atoms. The Morgan fingerprint density at radius 1 is 1.29 bits per heavy atom. The van der Waals surface area contributed by atoms with Crippen LogP contribution in [-0.4, -0.2) is 13.0 Å². The predicted octanol–water partition coefficient (Wildman–Crippen LogP) is 3.87. The topological polar surface area (TPSA) is 38.3 Å². The second-order valence-electron chi connectivity index (χ2n) is 4.53. The highest BCUT2D eigenvalue weighted by atomic mass is 32.1. The number of amides is 1. The molecule has 1 heterocycles. The first kappa shape index (κ1) is 15.3. The fourth-order valence-corrected chi connectivity index (χ4v) is 2.64. The third kappa shape index (κ3) is 4.20. The molecule has 3 nitrogen and oxygen atoms in total. The van der Waals surface area contributed by atoms with Crippen molar-refractivity contribution in [2.75, 3.05) is 7.11 Å². The van der Waals surface area contributed by atoms with E-state index in [2.05, 4.69) is 5.32 Å². The van der Waals surface area contributed by atoms with Crippen LogP contribution in [0.3, 0.4) is 0 Å². The van der Waals surface area contributed by atoms with Crippen molar-refractivity contribution < 1.29 is 9.53 Å². The third-order valence-electron chi connectivity index (χ3n) is 3.14. The number of hydrogen-bond acceptors (Lipinski definition) is 3. The van der Waals surface area contributed by atoms with E-state index in [1.807, 2.05) is 54.8 Å². The van der Waals surface area contributed by atoms with Crippen LogP contribution in [-0.2, 0) is 11.3 Å². The van der Waals surface area contributed by atoms with Gasteiger partial charge in [-0.1, -0.05) is 31.2 Å². The number of hydrogen-bond donors (Lipinski definition) is 1. The maximum absolute atomic E-state index is 12.3. The van der Waals surface area contributed by atoms with E-state index in [0.717, 1.165) is 21.8 Å². The van der Waals surface area contributed by atoms with E-state index in [9.17, 15) is 4.79 Å². The molecule has 110 valence electrons. The molecule has 0 fully saturated rings. The van der Waals surface area contributed by atoms with Crippen LogP contribution in [0.1, 0.15) is 23.8 Å². The van der Waals surface area contributed by atoms with Crippen LogP contribution in [0.25, 0.3) is 6.08 Å². The van der Waals surface area contributed by atoms with Crippen molar-refractivity contribution in [3.8, 4) is 5.75 Å². The Balaban J connectivity index is 2.10. The molecule has 2 rings (SSSR count). The van der Waals surface area contributed by atoms with Gasteiger partial charge < -0.3 is 10.1 Å². The summed E-state index contributed by atoms with van der Waals surface area (Å²) in [5.41, 5.74) is 1.67. The normalized spacial score (nSPS) is 11.2. The molecule has 0 atom stereocenters. The molecule has 0 bridgehead atoms. The van der Waals surface area contributed by atoms with Crippen molar-refractivity contribution in [2.45, 2.75) is 19.9 Å². The number of carbonyl (C=O) groups is 1. The van der Waals surface area contributed by atoms with Crippen molar-refractivity contribution in [3.63, 3.8) is 0 Å². The molecular weight excluding hydrogens is 282 g/mol. The van der Waals surface area contributed by atoms with Crippen molar-refractivity contribution >= 4 is 23.3 Å². The number of nitrogens with one attached hydrogen (secondary N) is 1. The van der Waals surface area contributed by atoms with Crippen LogP contribution in [0.4, 0.5) is 0 Å². The molecule has 0 radical (unpaired) electrons. The summed E-state index contributed by atoms with van der Waals surface area (Å²) in [6, 6.07) is 11.7. The molecule has 1 amide bonds. The molecule has 0 saturated heterocycles. The summed E-state index contributed by atoms with van der Waals surface area (Å²) in [5.74, 6) is 0.742. The van der Waals surface area contributed by atoms with E-state index in [-0.39, 0.29) is 5.91 Å². The molecule has 4 heteroatoms. The summed E-state index contributed by atoms with van der Waals surface area (Å²) in [7, 11) is 1.63. The molecule has 2 aromatic rings. The number of para-hydroxylation sites is 1. The fourth-order valence-electron chi connectivity index (χ4n) is 2.00. The third-order valence-corrected chi connectivity index (χ3v) is 4.02. The van der Waals surface area contributed by atoms with Gasteiger partial charge in [-0.15, -0.1) is 11.3 Å². The SMILES string of the molecule is CCC(=Cc1ccccc1OC)C(=O)NCc1cccs1. The standard InChI is InChI=1S/C17H19NO2S/c1-3-13(11-14-7-4-5-9-16(14)20-2)17(19)18-12-15-8-6-10-21-15/h4-11H,3,12H2,1-2H3,(H,18,19). The van der Waals surface area contributed by atoms with Gasteiger partial charge in [-0.2, -0.15) is 0 Å². The minimum atomic E-state index is -0.0307. The number of carbonyl (C=O) groups excluding carboxylic acids is 1. The van der Waals surface area contributed by atoms with Gasteiger partial charge in [0.25, 0.3) is 0 Å². The maximum atomic E-state index is 12.3. The van der Waals surface area contributed by atoms with Gasteiger partial charge in [-0.05, 0) is 30.0 Å². The fraction of sp³-hybridized carbons (Fsp3) is 0.235. The van der Waals surface area contributed by atoms with Gasteiger partial charge in [-0.3, -0.25) is 4.79 Å². The molecule has 1 aromatic carbocycles. The van der Waals surface area contributed by atoms with Gasteiger partial charge in [0.05, 0.1) is 13.7 Å². The first-order valence-corrected chi connectivity index (χ1v) is 7.76. The van der Waals surface area contributed by atoms with Crippen molar-refractivity contribution in [3.05, 3.63) is 57.8 Å². The lowest BCUT2D eigenvalue weighted by molar-refractivity contribution is -0.117. The lowest BCUT2D eigenvalue weighted by atomic mass is 10.1. The second-order valence-corrected chi connectivity index (χ2v) is 5.56. The molecular formula is C17H19NO2S. The quantitative estimate of drug-likeness (QED) is 0.823. The lowest BCUT2D eigenvalue weighted by Gasteiger charge is -2.08. The molecule has 0 aliphatic carbocycles. The monoisotopic (exact) mass is 301 g/mol. The van der Waals surface area contributed by atoms with E-state index in [1.165, 1.54) is 0 Å². The molecule has 0 aliphatic heterocycles. The Labute approximate surface area is 129 Å². The molecule has 0 aliphatic rings. The lowest BCUT2D eigenvalue weighted by Crippen LogP contribution is -2.23. The Hall–Kier alpha value is -2.07. The summed E-state index contributed by atoms with van der Waals surface area (Å²) < 4.78 is 5.31. The number of rotatable bonds is 6. The van der Waals surface area contributed by atoms with Gasteiger partial charge in [0.15, 0.2) is 0 Å². The largest absolute Gasteiger partial charge is 0.496 e. The Kier molecular flexibility index (Phi) is 5.58. The number of benzene rings is 1. The summed E-state index contributed by atoms with van der Waals surface area (Å²) in [5, 5.41) is 4.96. The van der Waals surface area contributed by atoms with Gasteiger partial charge >= 0.3 is 0 Å². The zero-order valence-corrected chi connectivity index (χ0v) is 13.1. The van der Waals surface area contributed by atoms with Crippen molar-refractivity contribution in [1.82, 2.24) is 5.32 Å². The Bertz CT molecular complexity index is 617. The number of thiophene rings is 1. The van der Waals surface area contributed by atoms with E-state index >= 15 is 0 Å². The summed E-state index contributed by atoms with van der Waals surface area (Å²) in [6.07, 6.45) is 2.57. The van der Waals surface area contributed by atoms with Crippen LogP contribution < -0.4 is 10.1 Å². The minimum Gasteiger partial charge on any atom is -0.496 e. The molecule has 1 N–H and O–H groups in total. The highest BCUT2D eigenvalue weighted by Gasteiger charge is 2.09. The van der Waals surface area contributed by atoms with Crippen LogP contribution in [0.2, 0.25) is 0 Å². The zero-order chi connectivity index (χ0) is 15.1. The van der Waals surface area contributed by atoms with Crippen molar-refractivity contribution in [2.24, 2.45) is 0 Å². The first-order valence-electron chi connectivity index (χ1n) is 6.88. The van der Waals surface area contributed by atoms with E-state index < -0.39 is 0 Å². The smallest absolute Gasteiger partial charge is 0.247 e. The Morgan fingerprint density at radius 2 is 2.10 bits per heavy atom. The second kappa shape index (κ2) is 7.64. The highest BCUT2D eigenvalue weighted by Crippen LogP contribution is 2.21. The minimum absolute atomic E-state index is 0.0307. The maximum Gasteiger partial charge on any atom is 0.247 e. The molecule has 0 unspecified atom stereocenters. The molecule has 0 spiro atoms. The summed E-state index contributed by atoms with van der Waals surface area (Å²) in [6.45, 7) is 2.55. The number of methoxy groups -OCH3 is 1. The number of ether oxygens (including phenoxy) is 1. The summed E-state index contributed by atoms with van der Waals surface area (Å²) in [4.78, 5) is 13.4. The van der Waals surface area contributed by atoms with Gasteiger partial charge in [0, 0.05) is 16.0 Å². The Morgan fingerprint density at radius 3 is 2.76 bits per heavy atom. The van der Waals surface area contributed by atoms with E-state index in [0.29, 0.717) is 13.0 Å².